The van der Waals surface area contributed by atoms with Crippen molar-refractivity contribution in [3.63, 3.8) is 0 Å². The number of methoxy groups -OCH3 is 1. The molecule has 0 aliphatic heterocycles. The number of anilines is 4. The summed E-state index contributed by atoms with van der Waals surface area (Å²) < 4.78 is 71.5. The third kappa shape index (κ3) is 6.58. The Kier molecular flexibility index (Phi) is 7.81. The predicted molar refractivity (Wildman–Crippen MR) is 134 cm³/mol. The monoisotopic (exact) mass is 538 g/mol. The summed E-state index contributed by atoms with van der Waals surface area (Å²) in [5, 5.41) is 5.45. The van der Waals surface area contributed by atoms with Crippen LogP contribution < -0.4 is 25.4 Å². The van der Waals surface area contributed by atoms with E-state index in [2.05, 4.69) is 20.6 Å². The minimum Gasteiger partial charge on any atom is -0.497 e. The molecule has 0 fully saturated rings. The number of nitrogens with zero attached hydrogens (tertiary/aromatic N) is 3. The Morgan fingerprint density at radius 2 is 1.89 bits per heavy atom. The highest BCUT2D eigenvalue weighted by Crippen LogP contribution is 2.35. The molecule has 0 bridgehead atoms. The molecule has 3 rings (SSSR count). The summed E-state index contributed by atoms with van der Waals surface area (Å²) in [6, 6.07) is 9.11. The number of aromatic nitrogens is 2. The van der Waals surface area contributed by atoms with Crippen molar-refractivity contribution in [2.24, 2.45) is 5.73 Å². The molecule has 0 atom stereocenters. The van der Waals surface area contributed by atoms with Crippen molar-refractivity contribution in [2.75, 3.05) is 35.4 Å². The first-order valence-electron chi connectivity index (χ1n) is 10.7. The summed E-state index contributed by atoms with van der Waals surface area (Å²) in [6.07, 6.45) is -3.14. The molecule has 1 amide bonds. The van der Waals surface area contributed by atoms with Crippen LogP contribution in [0, 0.1) is 6.92 Å². The molecular weight excluding hydrogens is 513 g/mol. The zero-order valence-corrected chi connectivity index (χ0v) is 21.2. The van der Waals surface area contributed by atoms with E-state index in [-0.39, 0.29) is 23.7 Å². The number of halogens is 3. The molecule has 37 heavy (non-hydrogen) atoms. The van der Waals surface area contributed by atoms with E-state index >= 15 is 0 Å². The molecule has 4 N–H and O–H groups in total. The van der Waals surface area contributed by atoms with Crippen molar-refractivity contribution < 1.29 is 31.1 Å². The topological polar surface area (TPSA) is 140 Å². The second-order valence-electron chi connectivity index (χ2n) is 8.05. The van der Waals surface area contributed by atoms with Crippen LogP contribution >= 0.6 is 0 Å². The molecule has 0 spiro atoms. The van der Waals surface area contributed by atoms with Gasteiger partial charge in [0.2, 0.25) is 21.9 Å². The maximum atomic E-state index is 13.7. The fourth-order valence-electron chi connectivity index (χ4n) is 3.31. The Bertz CT molecular complexity index is 1430. The molecule has 0 aliphatic carbocycles. The summed E-state index contributed by atoms with van der Waals surface area (Å²) in [4.78, 5) is 19.3. The van der Waals surface area contributed by atoms with Gasteiger partial charge in [0, 0.05) is 31.0 Å². The molecule has 0 saturated heterocycles. The van der Waals surface area contributed by atoms with Gasteiger partial charge in [0.1, 0.15) is 17.1 Å². The Balaban J connectivity index is 2.00. The standard InChI is InChI=1S/C23H25F3N6O4S/c1-13-5-6-14(20(27)33)10-18(13)30-22-29-12-17(23(24,25)26)21(31-22)28-11-15-9-16(36-3)7-8-19(15)32(2)37(4,34)35/h5-10,12H,11H2,1-4H3,(H2,27,33)(H2,28,29,30,31). The van der Waals surface area contributed by atoms with Crippen LogP contribution in [0.1, 0.15) is 27.0 Å². The van der Waals surface area contributed by atoms with Crippen molar-refractivity contribution in [1.29, 1.82) is 0 Å². The Labute approximate surface area is 211 Å². The van der Waals surface area contributed by atoms with Gasteiger partial charge in [-0.2, -0.15) is 18.2 Å². The van der Waals surface area contributed by atoms with Crippen LogP contribution in [0.25, 0.3) is 0 Å². The average Bonchev–Trinajstić information content (AvgIpc) is 2.82. The van der Waals surface area contributed by atoms with E-state index < -0.39 is 33.5 Å². The first kappa shape index (κ1) is 27.5. The molecule has 0 unspecified atom stereocenters. The van der Waals surface area contributed by atoms with Crippen LogP contribution in [0.15, 0.2) is 42.6 Å². The molecule has 3 aromatic rings. The van der Waals surface area contributed by atoms with Gasteiger partial charge in [-0.05, 0) is 48.4 Å². The third-order valence-corrected chi connectivity index (χ3v) is 6.62. The third-order valence-electron chi connectivity index (χ3n) is 5.43. The van der Waals surface area contributed by atoms with E-state index in [9.17, 15) is 26.4 Å². The van der Waals surface area contributed by atoms with E-state index in [4.69, 9.17) is 10.5 Å². The molecule has 198 valence electrons. The van der Waals surface area contributed by atoms with Gasteiger partial charge in [0.25, 0.3) is 0 Å². The summed E-state index contributed by atoms with van der Waals surface area (Å²) in [7, 11) is -0.912. The highest BCUT2D eigenvalue weighted by Gasteiger charge is 2.35. The maximum absolute atomic E-state index is 13.7. The molecule has 2 aromatic carbocycles. The summed E-state index contributed by atoms with van der Waals surface area (Å²) >= 11 is 0. The maximum Gasteiger partial charge on any atom is 0.421 e. The minimum atomic E-state index is -4.77. The van der Waals surface area contributed by atoms with Crippen LogP contribution in [0.5, 0.6) is 5.75 Å². The van der Waals surface area contributed by atoms with E-state index in [0.29, 0.717) is 28.8 Å². The molecule has 0 saturated carbocycles. The number of rotatable bonds is 9. The molecule has 0 aliphatic rings. The SMILES string of the molecule is COc1ccc(N(C)S(C)(=O)=O)c(CNc2nc(Nc3cc(C(N)=O)ccc3C)ncc2C(F)(F)F)c1. The number of aryl methyl sites for hydroxylation is 1. The van der Waals surface area contributed by atoms with Gasteiger partial charge >= 0.3 is 6.18 Å². The Morgan fingerprint density at radius 1 is 1.19 bits per heavy atom. The number of sulfonamides is 1. The molecular formula is C23H25F3N6O4S. The fourth-order valence-corrected chi connectivity index (χ4v) is 3.85. The smallest absolute Gasteiger partial charge is 0.421 e. The number of nitrogens with two attached hydrogens (primary N) is 1. The van der Waals surface area contributed by atoms with Gasteiger partial charge in [-0.3, -0.25) is 9.10 Å². The van der Waals surface area contributed by atoms with E-state index in [1.54, 1.807) is 13.0 Å². The normalized spacial score (nSPS) is 11.6. The fraction of sp³-hybridized carbons (Fsp3) is 0.261. The number of ether oxygens (including phenoxy) is 1. The summed E-state index contributed by atoms with van der Waals surface area (Å²) in [5.74, 6) is -0.996. The summed E-state index contributed by atoms with van der Waals surface area (Å²) in [5.41, 5.74) is 6.03. The average molecular weight is 539 g/mol. The van der Waals surface area contributed by atoms with Gasteiger partial charge in [-0.15, -0.1) is 0 Å². The predicted octanol–water partition coefficient (Wildman–Crippen LogP) is 3.66. The van der Waals surface area contributed by atoms with Gasteiger partial charge in [0.15, 0.2) is 0 Å². The lowest BCUT2D eigenvalue weighted by molar-refractivity contribution is -0.137. The lowest BCUT2D eigenvalue weighted by atomic mass is 10.1. The van der Waals surface area contributed by atoms with Gasteiger partial charge < -0.3 is 21.1 Å². The number of primary amides is 1. The van der Waals surface area contributed by atoms with Crippen LogP contribution in [0.3, 0.4) is 0 Å². The number of amides is 1. The van der Waals surface area contributed by atoms with Gasteiger partial charge in [-0.1, -0.05) is 6.07 Å². The number of hydrogen-bond acceptors (Lipinski definition) is 8. The first-order valence-corrected chi connectivity index (χ1v) is 12.5. The number of alkyl halides is 3. The van der Waals surface area contributed by atoms with Gasteiger partial charge in [0.05, 0.1) is 19.1 Å². The Hall–Kier alpha value is -4.07. The van der Waals surface area contributed by atoms with Gasteiger partial charge in [-0.25, -0.2) is 13.4 Å². The van der Waals surface area contributed by atoms with Crippen molar-refractivity contribution >= 4 is 39.1 Å². The van der Waals surface area contributed by atoms with Crippen LogP contribution in [0.4, 0.5) is 36.3 Å². The minimum absolute atomic E-state index is 0.167. The van der Waals surface area contributed by atoms with Crippen LogP contribution in [0.2, 0.25) is 0 Å². The molecule has 0 radical (unpaired) electrons. The second-order valence-corrected chi connectivity index (χ2v) is 10.1. The number of carbonyl (C=O) groups is 1. The first-order chi connectivity index (χ1) is 17.2. The highest BCUT2D eigenvalue weighted by molar-refractivity contribution is 7.92. The second kappa shape index (κ2) is 10.5. The number of benzene rings is 2. The number of hydrogen-bond donors (Lipinski definition) is 3. The lowest BCUT2D eigenvalue weighted by Gasteiger charge is -2.22. The number of carbonyl (C=O) groups excluding carboxylic acids is 1. The van der Waals surface area contributed by atoms with Crippen LogP contribution in [-0.2, 0) is 22.7 Å². The quantitative estimate of drug-likeness (QED) is 0.375. The van der Waals surface area contributed by atoms with Crippen LogP contribution in [-0.4, -0.2) is 44.7 Å². The van der Waals surface area contributed by atoms with Crippen molar-refractivity contribution in [3.05, 3.63) is 64.8 Å². The summed E-state index contributed by atoms with van der Waals surface area (Å²) in [6.45, 7) is 1.50. The van der Waals surface area contributed by atoms with Crippen molar-refractivity contribution in [2.45, 2.75) is 19.6 Å². The largest absolute Gasteiger partial charge is 0.497 e. The lowest BCUT2D eigenvalue weighted by Crippen LogP contribution is -2.26. The zero-order valence-electron chi connectivity index (χ0n) is 20.3. The molecule has 1 heterocycles. The number of nitrogens with one attached hydrogen (secondary N) is 2. The Morgan fingerprint density at radius 3 is 2.49 bits per heavy atom. The van der Waals surface area contributed by atoms with E-state index in [1.807, 2.05) is 0 Å². The van der Waals surface area contributed by atoms with Crippen molar-refractivity contribution in [1.82, 2.24) is 9.97 Å². The highest BCUT2D eigenvalue weighted by atomic mass is 32.2. The van der Waals surface area contributed by atoms with Crippen molar-refractivity contribution in [3.8, 4) is 5.75 Å². The molecule has 14 heteroatoms. The molecule has 10 nitrogen and oxygen atoms in total. The molecule has 1 aromatic heterocycles. The zero-order chi connectivity index (χ0) is 27.5. The van der Waals surface area contributed by atoms with E-state index in [0.717, 1.165) is 10.6 Å². The van der Waals surface area contributed by atoms with E-state index in [1.165, 1.54) is 44.5 Å².